The summed E-state index contributed by atoms with van der Waals surface area (Å²) < 4.78 is 5.25. The molecule has 1 N–H and O–H groups in total. The highest BCUT2D eigenvalue weighted by Crippen LogP contribution is 2.54. The van der Waals surface area contributed by atoms with E-state index in [0.717, 1.165) is 24.8 Å². The van der Waals surface area contributed by atoms with Crippen LogP contribution in [0, 0.1) is 11.3 Å². The van der Waals surface area contributed by atoms with Crippen molar-refractivity contribution >= 4 is 5.97 Å². The molecule has 18 heavy (non-hydrogen) atoms. The number of carbonyl (C=O) groups is 1. The Morgan fingerprint density at radius 3 is 2.78 bits per heavy atom. The van der Waals surface area contributed by atoms with E-state index in [1.54, 1.807) is 0 Å². The predicted octanol–water partition coefficient (Wildman–Crippen LogP) is 2.11. The number of esters is 1. The molecule has 0 aromatic heterocycles. The number of rotatable bonds is 2. The third-order valence-electron chi connectivity index (χ3n) is 4.65. The summed E-state index contributed by atoms with van der Waals surface area (Å²) in [4.78, 5) is 12.2. The van der Waals surface area contributed by atoms with Gasteiger partial charge in [-0.15, -0.1) is 0 Å². The van der Waals surface area contributed by atoms with Gasteiger partial charge in [-0.25, -0.2) is 0 Å². The highest BCUT2D eigenvalue weighted by molar-refractivity contribution is 5.81. The van der Waals surface area contributed by atoms with E-state index in [-0.39, 0.29) is 24.4 Å². The molecule has 0 bridgehead atoms. The van der Waals surface area contributed by atoms with Gasteiger partial charge in [0.2, 0.25) is 0 Å². The number of hydrogen-bond acceptors (Lipinski definition) is 3. The summed E-state index contributed by atoms with van der Waals surface area (Å²) >= 11 is 0. The summed E-state index contributed by atoms with van der Waals surface area (Å²) in [7, 11) is 0. The van der Waals surface area contributed by atoms with Crippen molar-refractivity contribution in [2.75, 3.05) is 13.2 Å². The summed E-state index contributed by atoms with van der Waals surface area (Å²) in [6.07, 6.45) is 3.04. The highest BCUT2D eigenvalue weighted by Gasteiger charge is 2.58. The van der Waals surface area contributed by atoms with E-state index in [0.29, 0.717) is 6.61 Å². The van der Waals surface area contributed by atoms with Crippen molar-refractivity contribution in [3.8, 4) is 0 Å². The Kier molecular flexibility index (Phi) is 2.86. The van der Waals surface area contributed by atoms with Gasteiger partial charge in [-0.2, -0.15) is 0 Å². The third-order valence-corrected chi connectivity index (χ3v) is 4.65. The van der Waals surface area contributed by atoms with Gasteiger partial charge < -0.3 is 9.84 Å². The van der Waals surface area contributed by atoms with Crippen LogP contribution < -0.4 is 0 Å². The Bertz CT molecular complexity index is 442. The second kappa shape index (κ2) is 4.39. The van der Waals surface area contributed by atoms with Gasteiger partial charge in [-0.3, -0.25) is 4.79 Å². The normalized spacial score (nSPS) is 35.1. The lowest BCUT2D eigenvalue weighted by Crippen LogP contribution is -2.45. The van der Waals surface area contributed by atoms with Gasteiger partial charge in [0, 0.05) is 11.8 Å². The average Bonchev–Trinajstić information content (AvgIpc) is 2.77. The van der Waals surface area contributed by atoms with Crippen LogP contribution in [0.25, 0.3) is 0 Å². The number of carbonyl (C=O) groups excluding carboxylic acids is 1. The number of fused-ring (bicyclic) bond motifs is 1. The van der Waals surface area contributed by atoms with Crippen LogP contribution in [0.1, 0.15) is 30.7 Å². The van der Waals surface area contributed by atoms with E-state index in [1.807, 2.05) is 18.2 Å². The summed E-state index contributed by atoms with van der Waals surface area (Å²) in [6.45, 7) is 0.374. The minimum Gasteiger partial charge on any atom is -0.465 e. The summed E-state index contributed by atoms with van der Waals surface area (Å²) in [5.41, 5.74) is 0.453. The van der Waals surface area contributed by atoms with Gasteiger partial charge in [0.05, 0.1) is 13.2 Å². The van der Waals surface area contributed by atoms with Crippen LogP contribution in [0.2, 0.25) is 0 Å². The lowest BCUT2D eigenvalue weighted by Gasteiger charge is -2.41. The highest BCUT2D eigenvalue weighted by atomic mass is 16.5. The molecule has 3 rings (SSSR count). The minimum atomic E-state index is -0.695. The Balaban J connectivity index is 2.04. The van der Waals surface area contributed by atoms with Gasteiger partial charge in [0.1, 0.15) is 5.41 Å². The molecule has 1 aliphatic carbocycles. The van der Waals surface area contributed by atoms with Crippen LogP contribution in [0.5, 0.6) is 0 Å². The molecular weight excluding hydrogens is 228 g/mol. The van der Waals surface area contributed by atoms with Crippen LogP contribution >= 0.6 is 0 Å². The second-order valence-electron chi connectivity index (χ2n) is 5.39. The third kappa shape index (κ3) is 1.50. The number of ether oxygens (including phenoxy) is 1. The quantitative estimate of drug-likeness (QED) is 0.813. The summed E-state index contributed by atoms with van der Waals surface area (Å²) in [5.74, 6) is 0.0648. The molecule has 1 heterocycles. The van der Waals surface area contributed by atoms with Crippen molar-refractivity contribution in [3.05, 3.63) is 35.9 Å². The summed E-state index contributed by atoms with van der Waals surface area (Å²) in [5, 5.41) is 9.85. The van der Waals surface area contributed by atoms with Gasteiger partial charge >= 0.3 is 5.97 Å². The second-order valence-corrected chi connectivity index (χ2v) is 5.39. The Hall–Kier alpha value is -1.35. The van der Waals surface area contributed by atoms with Crippen molar-refractivity contribution in [3.63, 3.8) is 0 Å². The lowest BCUT2D eigenvalue weighted by atomic mass is 9.60. The van der Waals surface area contributed by atoms with Crippen molar-refractivity contribution in [1.82, 2.24) is 0 Å². The topological polar surface area (TPSA) is 46.5 Å². The monoisotopic (exact) mass is 246 g/mol. The Morgan fingerprint density at radius 2 is 2.06 bits per heavy atom. The zero-order valence-electron chi connectivity index (χ0n) is 10.3. The first-order valence-corrected chi connectivity index (χ1v) is 6.62. The standard InChI is InChI=1S/C15H18O3/c16-10-15-12(9-18-14(15)17)7-4-8-13(15)11-5-2-1-3-6-11/h1-3,5-6,12-13,16H,4,7-10H2/t12-,13+,15-/m1/s1. The summed E-state index contributed by atoms with van der Waals surface area (Å²) in [6, 6.07) is 10.1. The van der Waals surface area contributed by atoms with Crippen LogP contribution in [-0.4, -0.2) is 24.3 Å². The van der Waals surface area contributed by atoms with Crippen LogP contribution in [-0.2, 0) is 9.53 Å². The van der Waals surface area contributed by atoms with Crippen LogP contribution in [0.3, 0.4) is 0 Å². The first kappa shape index (κ1) is 11.7. The van der Waals surface area contributed by atoms with E-state index < -0.39 is 5.41 Å². The number of hydrogen-bond donors (Lipinski definition) is 1. The van der Waals surface area contributed by atoms with Gasteiger partial charge in [-0.1, -0.05) is 36.8 Å². The SMILES string of the molecule is O=C1OC[C@H]2CCC[C@@H](c3ccccc3)[C@]12CO. The Labute approximate surface area is 107 Å². The van der Waals surface area contributed by atoms with Gasteiger partial charge in [0.25, 0.3) is 0 Å². The molecule has 0 amide bonds. The Morgan fingerprint density at radius 1 is 1.28 bits per heavy atom. The number of cyclic esters (lactones) is 1. The van der Waals surface area contributed by atoms with Crippen molar-refractivity contribution in [2.45, 2.75) is 25.2 Å². The first-order chi connectivity index (χ1) is 8.79. The molecule has 3 atom stereocenters. The molecular formula is C15H18O3. The maximum atomic E-state index is 12.2. The average molecular weight is 246 g/mol. The molecule has 0 radical (unpaired) electrons. The molecule has 2 fully saturated rings. The van der Waals surface area contributed by atoms with Crippen molar-refractivity contribution in [2.24, 2.45) is 11.3 Å². The zero-order chi connectivity index (χ0) is 12.6. The van der Waals surface area contributed by atoms with Crippen LogP contribution in [0.4, 0.5) is 0 Å². The predicted molar refractivity (Wildman–Crippen MR) is 67.0 cm³/mol. The lowest BCUT2D eigenvalue weighted by molar-refractivity contribution is -0.151. The molecule has 1 aliphatic heterocycles. The molecule has 96 valence electrons. The van der Waals surface area contributed by atoms with Crippen LogP contribution in [0.15, 0.2) is 30.3 Å². The molecule has 1 aromatic carbocycles. The fourth-order valence-corrected chi connectivity index (χ4v) is 3.67. The van der Waals surface area contributed by atoms with Gasteiger partial charge in [-0.05, 0) is 18.4 Å². The molecule has 0 unspecified atom stereocenters. The molecule has 2 aliphatic rings. The van der Waals surface area contributed by atoms with Crippen molar-refractivity contribution < 1.29 is 14.6 Å². The maximum absolute atomic E-state index is 12.2. The van der Waals surface area contributed by atoms with E-state index >= 15 is 0 Å². The van der Waals surface area contributed by atoms with E-state index in [1.165, 1.54) is 0 Å². The molecule has 1 saturated heterocycles. The minimum absolute atomic E-state index is 0.0949. The maximum Gasteiger partial charge on any atom is 0.315 e. The fraction of sp³-hybridized carbons (Fsp3) is 0.533. The zero-order valence-corrected chi connectivity index (χ0v) is 10.3. The molecule has 3 nitrogen and oxygen atoms in total. The number of aliphatic hydroxyl groups excluding tert-OH is 1. The van der Waals surface area contributed by atoms with Gasteiger partial charge in [0.15, 0.2) is 0 Å². The molecule has 1 aromatic rings. The first-order valence-electron chi connectivity index (χ1n) is 6.62. The molecule has 0 spiro atoms. The largest absolute Gasteiger partial charge is 0.465 e. The smallest absolute Gasteiger partial charge is 0.315 e. The fourth-order valence-electron chi connectivity index (χ4n) is 3.67. The number of aliphatic hydroxyl groups is 1. The van der Waals surface area contributed by atoms with E-state index in [2.05, 4.69) is 12.1 Å². The van der Waals surface area contributed by atoms with E-state index in [4.69, 9.17) is 4.74 Å². The van der Waals surface area contributed by atoms with E-state index in [9.17, 15) is 9.90 Å². The molecule has 1 saturated carbocycles. The number of benzene rings is 1. The van der Waals surface area contributed by atoms with Crippen molar-refractivity contribution in [1.29, 1.82) is 0 Å². The molecule has 3 heteroatoms.